The van der Waals surface area contributed by atoms with Crippen molar-refractivity contribution in [3.05, 3.63) is 116 Å². The van der Waals surface area contributed by atoms with Crippen LogP contribution in [0.25, 0.3) is 22.1 Å². The summed E-state index contributed by atoms with van der Waals surface area (Å²) in [6, 6.07) is 19.6. The first-order valence-electron chi connectivity index (χ1n) is 25.3. The number of thiophene rings is 1. The quantitative estimate of drug-likeness (QED) is 0.0782. The van der Waals surface area contributed by atoms with Gasteiger partial charge in [-0.05, 0) is 100 Å². The molecule has 9 rings (SSSR count). The smallest absolute Gasteiger partial charge is 0.490 e. The molecule has 0 bridgehead atoms. The minimum Gasteiger partial charge on any atom is -0.508 e. The average Bonchev–Trinajstić information content (AvgIpc) is 4.07. The third-order valence-electron chi connectivity index (χ3n) is 14.2. The number of aliphatic imine (C=N–C) groups is 1. The Morgan fingerprint density at radius 3 is 2.13 bits per heavy atom. The largest absolute Gasteiger partial charge is 0.508 e. The zero-order valence-electron chi connectivity index (χ0n) is 43.0. The number of nitrogens with one attached hydrogen (secondary N) is 1. The molecule has 2 saturated heterocycles. The number of amides is 2. The van der Waals surface area contributed by atoms with Gasteiger partial charge in [-0.1, -0.05) is 49.7 Å². The van der Waals surface area contributed by atoms with Crippen LogP contribution in [0.3, 0.4) is 0 Å². The number of likely N-dealkylation sites (N-methyl/N-ethyl adjacent to an activating group) is 1. The van der Waals surface area contributed by atoms with Crippen LogP contribution in [0, 0.1) is 26.7 Å². The molecule has 2 fully saturated rings. The maximum atomic E-state index is 14.1. The number of aromatic nitrogens is 6. The van der Waals surface area contributed by atoms with Crippen molar-refractivity contribution in [1.29, 1.82) is 0 Å². The van der Waals surface area contributed by atoms with Crippen LogP contribution in [0.4, 0.5) is 13.2 Å². The minimum absolute atomic E-state index is 0.0790. The van der Waals surface area contributed by atoms with Gasteiger partial charge in [-0.2, -0.15) is 13.2 Å². The lowest BCUT2D eigenvalue weighted by Gasteiger charge is -2.39. The van der Waals surface area contributed by atoms with Crippen molar-refractivity contribution >= 4 is 46.4 Å². The number of aromatic hydroxyl groups is 2. The minimum atomic E-state index is -5.08. The van der Waals surface area contributed by atoms with Crippen molar-refractivity contribution in [2.75, 3.05) is 72.0 Å². The number of carboxylic acid groups (broad SMARTS) is 1. The molecule has 2 amide bonds. The summed E-state index contributed by atoms with van der Waals surface area (Å²) >= 11 is 8.02. The number of likely N-dealkylation sites (tertiary alicyclic amines) is 1. The number of nitrogens with zero attached hydrogens (tertiary/aromatic N) is 11. The first-order valence-corrected chi connectivity index (χ1v) is 26.5. The normalized spacial score (nSPS) is 16.4. The van der Waals surface area contributed by atoms with E-state index in [1.54, 1.807) is 22.0 Å². The van der Waals surface area contributed by atoms with Crippen molar-refractivity contribution in [3.8, 4) is 33.6 Å². The molecule has 3 aliphatic heterocycles. The Morgan fingerprint density at radius 1 is 0.842 bits per heavy atom. The number of halogens is 4. The van der Waals surface area contributed by atoms with Gasteiger partial charge in [0.15, 0.2) is 11.6 Å². The van der Waals surface area contributed by atoms with Crippen LogP contribution in [0.15, 0.2) is 71.7 Å². The number of hydrogen-bond acceptors (Lipinski definition) is 14. The number of carboxylic acids is 1. The van der Waals surface area contributed by atoms with E-state index in [2.05, 4.69) is 84.8 Å². The molecule has 3 aromatic heterocycles. The molecule has 0 saturated carbocycles. The molecule has 404 valence electrons. The zero-order chi connectivity index (χ0) is 54.4. The van der Waals surface area contributed by atoms with E-state index in [1.165, 1.54) is 22.6 Å². The molecule has 1 atom stereocenters. The van der Waals surface area contributed by atoms with E-state index in [0.717, 1.165) is 112 Å². The summed E-state index contributed by atoms with van der Waals surface area (Å²) in [5.74, 6) is -0.875. The predicted molar refractivity (Wildman–Crippen MR) is 283 cm³/mol. The number of carbonyl (C=O) groups is 3. The molecular formula is C53H62ClF3N12O6S. The van der Waals surface area contributed by atoms with Crippen molar-refractivity contribution in [1.82, 2.24) is 54.4 Å². The van der Waals surface area contributed by atoms with E-state index < -0.39 is 18.2 Å². The van der Waals surface area contributed by atoms with Crippen LogP contribution < -0.4 is 5.32 Å². The van der Waals surface area contributed by atoms with Gasteiger partial charge in [0.25, 0.3) is 5.91 Å². The number of alkyl halides is 3. The molecule has 6 heterocycles. The van der Waals surface area contributed by atoms with Gasteiger partial charge in [0, 0.05) is 98.2 Å². The van der Waals surface area contributed by atoms with Gasteiger partial charge in [-0.15, -0.1) is 31.7 Å². The van der Waals surface area contributed by atoms with Crippen LogP contribution in [0.5, 0.6) is 11.5 Å². The molecular weight excluding hydrogens is 1030 g/mol. The van der Waals surface area contributed by atoms with Gasteiger partial charge in [0.2, 0.25) is 11.7 Å². The third-order valence-corrected chi connectivity index (χ3v) is 15.7. The molecule has 0 aliphatic carbocycles. The van der Waals surface area contributed by atoms with Gasteiger partial charge in [0.1, 0.15) is 28.4 Å². The Balaban J connectivity index is 0.00000102. The molecule has 4 N–H and O–H groups in total. The predicted octanol–water partition coefficient (Wildman–Crippen LogP) is 7.61. The van der Waals surface area contributed by atoms with Gasteiger partial charge in [-0.25, -0.2) is 4.79 Å². The van der Waals surface area contributed by atoms with E-state index in [-0.39, 0.29) is 35.6 Å². The lowest BCUT2D eigenvalue weighted by atomic mass is 9.95. The molecule has 3 aliphatic rings. The van der Waals surface area contributed by atoms with Crippen LogP contribution in [-0.2, 0) is 16.1 Å². The van der Waals surface area contributed by atoms with Gasteiger partial charge >= 0.3 is 12.1 Å². The topological polar surface area (TPSA) is 211 Å². The number of benzene rings is 3. The number of rotatable bonds is 15. The number of aryl methyl sites for hydroxylation is 2. The number of phenols is 2. The molecule has 18 nitrogen and oxygen atoms in total. The third kappa shape index (κ3) is 12.7. The second kappa shape index (κ2) is 24.1. The molecule has 0 unspecified atom stereocenters. The number of carbonyl (C=O) groups excluding carboxylic acids is 2. The number of fused-ring (bicyclic) bond motifs is 3. The highest BCUT2D eigenvalue weighted by molar-refractivity contribution is 7.15. The zero-order valence-corrected chi connectivity index (χ0v) is 44.6. The van der Waals surface area contributed by atoms with Crippen LogP contribution in [0.2, 0.25) is 5.02 Å². The summed E-state index contributed by atoms with van der Waals surface area (Å²) in [5.41, 5.74) is 6.21. The number of phenolic OH excluding ortho intramolecular Hbond substituents is 2. The number of piperazine rings is 1. The molecule has 23 heteroatoms. The Morgan fingerprint density at radius 2 is 1.50 bits per heavy atom. The maximum absolute atomic E-state index is 14.1. The first-order chi connectivity index (χ1) is 36.3. The monoisotopic (exact) mass is 1090 g/mol. The SMILES string of the molecule is CCN(CC)CCNC(=O)c1nnc(-c2ccc(O)cc2O)n1-c1ccc(CN2CCN(CC3CCN(C(=O)C[C@@H]4N=C(c5ccc(Cl)cc5)c5c(sc(C)c5C)-n5c(C)nnc54)CC3)CC2)cc1.O=C(O)C(F)(F)F. The summed E-state index contributed by atoms with van der Waals surface area (Å²) in [6.45, 7) is 20.4. The highest BCUT2D eigenvalue weighted by Gasteiger charge is 2.38. The Labute approximate surface area is 447 Å². The fraction of sp³-hybridized carbons (Fsp3) is 0.434. The lowest BCUT2D eigenvalue weighted by Crippen LogP contribution is -2.48. The Bertz CT molecular complexity index is 3050. The van der Waals surface area contributed by atoms with Gasteiger partial charge in [0.05, 0.1) is 17.7 Å². The van der Waals surface area contributed by atoms with Crippen LogP contribution >= 0.6 is 22.9 Å². The van der Waals surface area contributed by atoms with Gasteiger partial charge in [-0.3, -0.25) is 28.6 Å². The molecule has 0 radical (unpaired) electrons. The number of hydrogen-bond donors (Lipinski definition) is 4. The van der Waals surface area contributed by atoms with Crippen molar-refractivity contribution in [3.63, 3.8) is 0 Å². The van der Waals surface area contributed by atoms with E-state index >= 15 is 0 Å². The van der Waals surface area contributed by atoms with E-state index in [4.69, 9.17) is 26.5 Å². The molecule has 3 aromatic carbocycles. The summed E-state index contributed by atoms with van der Waals surface area (Å²) in [7, 11) is 0. The summed E-state index contributed by atoms with van der Waals surface area (Å²) in [6.07, 6.45) is -2.93. The summed E-state index contributed by atoms with van der Waals surface area (Å²) in [4.78, 5) is 52.3. The van der Waals surface area contributed by atoms with E-state index in [1.807, 2.05) is 48.2 Å². The maximum Gasteiger partial charge on any atom is 0.490 e. The highest BCUT2D eigenvalue weighted by Crippen LogP contribution is 2.40. The van der Waals surface area contributed by atoms with Crippen molar-refractivity contribution in [2.24, 2.45) is 10.9 Å². The Hall–Kier alpha value is -6.72. The van der Waals surface area contributed by atoms with Crippen molar-refractivity contribution < 1.29 is 42.9 Å². The fourth-order valence-electron chi connectivity index (χ4n) is 9.80. The molecule has 76 heavy (non-hydrogen) atoms. The molecule has 6 aromatic rings. The fourth-order valence-corrected chi connectivity index (χ4v) is 11.1. The number of aliphatic carboxylic acids is 1. The second-order valence-corrected chi connectivity index (χ2v) is 20.8. The van der Waals surface area contributed by atoms with E-state index in [9.17, 15) is 33.0 Å². The Kier molecular flexibility index (Phi) is 17.6. The standard InChI is InChI=1S/C51H61ClN12O4S.C2HF3O2/c1-6-59(7-2)23-20-53-50(68)49-58-56-47(41-17-16-40(65)28-43(41)66)64(49)39-14-8-35(9-15-39)30-60-24-26-61(27-25-60)31-36-18-21-62(22-19-36)44(67)29-42-48-57-55-34(5)63(48)51-45(32(3)33(4)69-51)46(54-42)37-10-12-38(52)13-11-37;3-2(4,5)1(6)7/h8-17,28,36,42,65-66H,6-7,18-27,29-31H2,1-5H3,(H,53,68);(H,6,7)/t42-;/m0./s1. The number of piperidine rings is 1. The molecule has 0 spiro atoms. The van der Waals surface area contributed by atoms with Crippen LogP contribution in [0.1, 0.15) is 88.6 Å². The highest BCUT2D eigenvalue weighted by atomic mass is 35.5. The summed E-state index contributed by atoms with van der Waals surface area (Å²) < 4.78 is 35.5. The first kappa shape index (κ1) is 55.5. The van der Waals surface area contributed by atoms with Gasteiger partial charge < -0.3 is 35.3 Å². The van der Waals surface area contributed by atoms with Crippen LogP contribution in [-0.4, -0.2) is 166 Å². The summed E-state index contributed by atoms with van der Waals surface area (Å²) in [5, 5.41) is 50.2. The lowest BCUT2D eigenvalue weighted by molar-refractivity contribution is -0.192. The van der Waals surface area contributed by atoms with E-state index in [0.29, 0.717) is 46.9 Å². The van der Waals surface area contributed by atoms with Crippen molar-refractivity contribution in [2.45, 2.75) is 72.6 Å². The second-order valence-electron chi connectivity index (χ2n) is 19.1. The average molecular weight is 1090 g/mol.